The van der Waals surface area contributed by atoms with Crippen LogP contribution < -0.4 is 10.1 Å². The number of carbonyl (C=O) groups is 2. The molecule has 1 N–H and O–H groups in total. The van der Waals surface area contributed by atoms with Crippen molar-refractivity contribution in [2.45, 2.75) is 6.92 Å². The van der Waals surface area contributed by atoms with E-state index in [1.54, 1.807) is 0 Å². The summed E-state index contributed by atoms with van der Waals surface area (Å²) < 4.78 is 13.0. The lowest BCUT2D eigenvalue weighted by atomic mass is 10.3. The van der Waals surface area contributed by atoms with E-state index < -0.39 is 5.91 Å². The molecule has 0 aliphatic carbocycles. The van der Waals surface area contributed by atoms with Crippen molar-refractivity contribution in [3.8, 4) is 0 Å². The predicted octanol–water partition coefficient (Wildman–Crippen LogP) is 1.51. The molecule has 0 spiro atoms. The fourth-order valence-corrected chi connectivity index (χ4v) is 3.20. The summed E-state index contributed by atoms with van der Waals surface area (Å²) in [4.78, 5) is 27.9. The molecule has 2 aromatic rings. The van der Waals surface area contributed by atoms with Gasteiger partial charge in [-0.3, -0.25) is 9.59 Å². The van der Waals surface area contributed by atoms with Crippen LogP contribution in [0, 0.1) is 0 Å². The van der Waals surface area contributed by atoms with Gasteiger partial charge in [0, 0.05) is 19.7 Å². The molecule has 0 saturated carbocycles. The Kier molecular flexibility index (Phi) is 4.16. The molecule has 1 aliphatic rings. The third-order valence-electron chi connectivity index (χ3n) is 3.19. The minimum Gasteiger partial charge on any atom is -0.494 e. The van der Waals surface area contributed by atoms with Crippen LogP contribution in [0.5, 0.6) is 0 Å². The van der Waals surface area contributed by atoms with Crippen molar-refractivity contribution in [2.24, 2.45) is 12.0 Å². The summed E-state index contributed by atoms with van der Waals surface area (Å²) in [7, 11) is 1.83. The predicted molar refractivity (Wildman–Crippen MR) is 85.7 cm³/mol. The monoisotopic (exact) mass is 333 g/mol. The van der Waals surface area contributed by atoms with Gasteiger partial charge in [0.2, 0.25) is 11.7 Å². The number of aryl methyl sites for hydroxylation is 1. The number of thiazole rings is 1. The molecule has 0 fully saturated rings. The molecule has 23 heavy (non-hydrogen) atoms. The summed E-state index contributed by atoms with van der Waals surface area (Å²) >= 11 is 1.36. The molecule has 1 aromatic heterocycles. The maximum atomic E-state index is 12.1. The fourth-order valence-electron chi connectivity index (χ4n) is 2.14. The van der Waals surface area contributed by atoms with Crippen LogP contribution in [-0.2, 0) is 26.1 Å². The number of anilines is 1. The number of aromatic nitrogens is 1. The Morgan fingerprint density at radius 2 is 2.17 bits per heavy atom. The van der Waals surface area contributed by atoms with Gasteiger partial charge in [0.25, 0.3) is 0 Å². The molecule has 1 aliphatic heterocycles. The van der Waals surface area contributed by atoms with Gasteiger partial charge >= 0.3 is 5.91 Å². The molecule has 0 unspecified atom stereocenters. The van der Waals surface area contributed by atoms with Gasteiger partial charge in [0.05, 0.1) is 10.2 Å². The van der Waals surface area contributed by atoms with Crippen LogP contribution >= 0.6 is 11.3 Å². The Morgan fingerprint density at radius 3 is 2.87 bits per heavy atom. The Hall–Kier alpha value is -2.61. The number of benzene rings is 1. The van der Waals surface area contributed by atoms with E-state index in [2.05, 4.69) is 10.3 Å². The zero-order valence-electron chi connectivity index (χ0n) is 12.7. The average Bonchev–Trinajstić information content (AvgIpc) is 2.83. The largest absolute Gasteiger partial charge is 0.494 e. The third kappa shape index (κ3) is 3.26. The maximum absolute atomic E-state index is 12.1. The number of hydrogen-bond acceptors (Lipinski definition) is 5. The number of nitrogens with one attached hydrogen (secondary N) is 1. The number of rotatable bonds is 2. The summed E-state index contributed by atoms with van der Waals surface area (Å²) in [6, 6.07) is 5.53. The van der Waals surface area contributed by atoms with Crippen molar-refractivity contribution in [1.29, 1.82) is 0 Å². The van der Waals surface area contributed by atoms with Crippen molar-refractivity contribution in [3.05, 3.63) is 35.0 Å². The van der Waals surface area contributed by atoms with Gasteiger partial charge in [0.15, 0.2) is 4.80 Å². The minimum atomic E-state index is -0.478. The second-order valence-electron chi connectivity index (χ2n) is 4.93. The second-order valence-corrected chi connectivity index (χ2v) is 5.93. The maximum Gasteiger partial charge on any atom is 0.317 e. The van der Waals surface area contributed by atoms with Crippen molar-refractivity contribution in [2.75, 3.05) is 18.5 Å². The molecular weight excluding hydrogens is 318 g/mol. The molecule has 2 amide bonds. The van der Waals surface area contributed by atoms with Crippen LogP contribution in [0.2, 0.25) is 0 Å². The number of ether oxygens (including phenoxy) is 2. The van der Waals surface area contributed by atoms with Crippen LogP contribution in [0.3, 0.4) is 0 Å². The Balaban J connectivity index is 1.99. The smallest absolute Gasteiger partial charge is 0.317 e. The molecule has 1 aromatic carbocycles. The molecule has 0 radical (unpaired) electrons. The highest BCUT2D eigenvalue weighted by Crippen LogP contribution is 2.21. The van der Waals surface area contributed by atoms with E-state index in [4.69, 9.17) is 9.47 Å². The van der Waals surface area contributed by atoms with Gasteiger partial charge in [-0.25, -0.2) is 0 Å². The van der Waals surface area contributed by atoms with Crippen molar-refractivity contribution in [3.63, 3.8) is 0 Å². The van der Waals surface area contributed by atoms with E-state index in [1.165, 1.54) is 24.5 Å². The highest BCUT2D eigenvalue weighted by Gasteiger charge is 2.15. The first kappa shape index (κ1) is 15.3. The van der Waals surface area contributed by atoms with E-state index in [1.807, 2.05) is 29.8 Å². The van der Waals surface area contributed by atoms with Gasteiger partial charge in [-0.2, -0.15) is 4.99 Å². The van der Waals surface area contributed by atoms with Crippen LogP contribution in [0.4, 0.5) is 5.69 Å². The first-order valence-electron chi connectivity index (χ1n) is 6.95. The molecule has 3 rings (SSSR count). The van der Waals surface area contributed by atoms with Gasteiger partial charge in [-0.1, -0.05) is 11.3 Å². The summed E-state index contributed by atoms with van der Waals surface area (Å²) in [5, 5.41) is 2.73. The molecule has 7 nitrogen and oxygen atoms in total. The quantitative estimate of drug-likeness (QED) is 0.903. The van der Waals surface area contributed by atoms with Crippen LogP contribution in [0.1, 0.15) is 6.92 Å². The highest BCUT2D eigenvalue weighted by atomic mass is 32.1. The average molecular weight is 333 g/mol. The molecule has 0 saturated heterocycles. The number of fused-ring (bicyclic) bond motifs is 1. The Morgan fingerprint density at radius 1 is 1.35 bits per heavy atom. The van der Waals surface area contributed by atoms with E-state index in [0.717, 1.165) is 10.2 Å². The SMILES string of the molecule is CC(=O)Nc1ccc2c(c1)sc(=NC(=O)C1=COCCO1)n2C. The first-order chi connectivity index (χ1) is 11.0. The molecule has 0 bridgehead atoms. The summed E-state index contributed by atoms with van der Waals surface area (Å²) in [5.74, 6) is -0.506. The van der Waals surface area contributed by atoms with Crippen molar-refractivity contribution >= 4 is 39.1 Å². The standard InChI is InChI=1S/C15H15N3O4S/c1-9(19)16-10-3-4-11-13(7-10)23-15(18(11)2)17-14(20)12-8-21-5-6-22-12/h3-4,7-8H,5-6H2,1-2H3,(H,16,19). The number of hydrogen-bond donors (Lipinski definition) is 1. The van der Waals surface area contributed by atoms with E-state index in [-0.39, 0.29) is 11.7 Å². The first-order valence-corrected chi connectivity index (χ1v) is 7.77. The minimum absolute atomic E-state index is 0.104. The summed E-state index contributed by atoms with van der Waals surface area (Å²) in [5.41, 5.74) is 1.63. The lowest BCUT2D eigenvalue weighted by Gasteiger charge is -2.12. The van der Waals surface area contributed by atoms with E-state index >= 15 is 0 Å². The fraction of sp³-hybridized carbons (Fsp3) is 0.267. The van der Waals surface area contributed by atoms with Crippen LogP contribution in [0.15, 0.2) is 35.2 Å². The molecular formula is C15H15N3O4S. The van der Waals surface area contributed by atoms with Crippen LogP contribution in [0.25, 0.3) is 10.2 Å². The highest BCUT2D eigenvalue weighted by molar-refractivity contribution is 7.16. The topological polar surface area (TPSA) is 81.9 Å². The lowest BCUT2D eigenvalue weighted by molar-refractivity contribution is -0.119. The molecule has 2 heterocycles. The van der Waals surface area contributed by atoms with Gasteiger partial charge in [-0.15, -0.1) is 0 Å². The lowest BCUT2D eigenvalue weighted by Crippen LogP contribution is -2.18. The molecule has 8 heteroatoms. The van der Waals surface area contributed by atoms with Gasteiger partial charge in [0.1, 0.15) is 19.5 Å². The van der Waals surface area contributed by atoms with Crippen molar-refractivity contribution in [1.82, 2.24) is 4.57 Å². The van der Waals surface area contributed by atoms with E-state index in [0.29, 0.717) is 23.7 Å². The number of amides is 2. The second kappa shape index (κ2) is 6.25. The normalized spacial score (nSPS) is 14.9. The third-order valence-corrected chi connectivity index (χ3v) is 4.28. The van der Waals surface area contributed by atoms with Gasteiger partial charge in [-0.05, 0) is 18.2 Å². The summed E-state index contributed by atoms with van der Waals surface area (Å²) in [6.07, 6.45) is 1.29. The Labute approximate surface area is 135 Å². The zero-order chi connectivity index (χ0) is 16.4. The van der Waals surface area contributed by atoms with Crippen LogP contribution in [-0.4, -0.2) is 29.6 Å². The number of nitrogens with zero attached hydrogens (tertiary/aromatic N) is 2. The number of carbonyl (C=O) groups excluding carboxylic acids is 2. The molecule has 120 valence electrons. The van der Waals surface area contributed by atoms with E-state index in [9.17, 15) is 9.59 Å². The van der Waals surface area contributed by atoms with Crippen molar-refractivity contribution < 1.29 is 19.1 Å². The van der Waals surface area contributed by atoms with Gasteiger partial charge < -0.3 is 19.4 Å². The molecule has 0 atom stereocenters. The Bertz CT molecular complexity index is 878. The zero-order valence-corrected chi connectivity index (χ0v) is 13.5. The summed E-state index contributed by atoms with van der Waals surface area (Å²) in [6.45, 7) is 2.23.